The van der Waals surface area contributed by atoms with Crippen LogP contribution in [-0.2, 0) is 0 Å². The molecular formula is C12H15IO. The minimum atomic E-state index is 0.566. The van der Waals surface area contributed by atoms with Gasteiger partial charge in [-0.2, -0.15) is 0 Å². The van der Waals surface area contributed by atoms with Crippen LogP contribution < -0.4 is 4.74 Å². The number of rotatable bonds is 4. The van der Waals surface area contributed by atoms with Crippen molar-refractivity contribution >= 4 is 22.6 Å². The minimum absolute atomic E-state index is 0.566. The van der Waals surface area contributed by atoms with Crippen LogP contribution >= 0.6 is 22.6 Å². The van der Waals surface area contributed by atoms with Crippen molar-refractivity contribution < 1.29 is 4.74 Å². The summed E-state index contributed by atoms with van der Waals surface area (Å²) in [7, 11) is 0. The number of benzene rings is 1. The van der Waals surface area contributed by atoms with Crippen LogP contribution in [0.15, 0.2) is 30.9 Å². The molecule has 0 heterocycles. The molecule has 0 spiro atoms. The molecule has 0 aliphatic carbocycles. The molecule has 0 amide bonds. The van der Waals surface area contributed by atoms with E-state index in [0.29, 0.717) is 12.5 Å². The lowest BCUT2D eigenvalue weighted by atomic mass is 10.0. The molecule has 1 aromatic rings. The lowest BCUT2D eigenvalue weighted by Crippen LogP contribution is -1.96. The molecule has 0 fully saturated rings. The molecule has 1 aromatic carbocycles. The first-order chi connectivity index (χ1) is 6.65. The predicted molar refractivity (Wildman–Crippen MR) is 68.9 cm³/mol. The summed E-state index contributed by atoms with van der Waals surface area (Å²) in [4.78, 5) is 0. The summed E-state index contributed by atoms with van der Waals surface area (Å²) in [5.74, 6) is 1.51. The Kier molecular flexibility index (Phi) is 4.45. The Balaban J connectivity index is 2.84. The van der Waals surface area contributed by atoms with E-state index in [1.165, 1.54) is 5.56 Å². The van der Waals surface area contributed by atoms with Crippen molar-refractivity contribution in [2.75, 3.05) is 6.61 Å². The van der Waals surface area contributed by atoms with Crippen LogP contribution in [-0.4, -0.2) is 6.61 Å². The van der Waals surface area contributed by atoms with Gasteiger partial charge in [-0.15, -0.1) is 0 Å². The van der Waals surface area contributed by atoms with E-state index >= 15 is 0 Å². The van der Waals surface area contributed by atoms with Gasteiger partial charge in [-0.25, -0.2) is 0 Å². The highest BCUT2D eigenvalue weighted by Gasteiger charge is 2.04. The molecule has 1 nitrogen and oxygen atoms in total. The Bertz CT molecular complexity index is 318. The first kappa shape index (κ1) is 11.6. The van der Waals surface area contributed by atoms with Gasteiger partial charge >= 0.3 is 0 Å². The first-order valence-corrected chi connectivity index (χ1v) is 5.76. The van der Waals surface area contributed by atoms with Gasteiger partial charge in [0.1, 0.15) is 12.4 Å². The Hall–Kier alpha value is -0.510. The molecule has 0 aliphatic heterocycles. The molecule has 0 aliphatic rings. The van der Waals surface area contributed by atoms with Crippen LogP contribution in [0.4, 0.5) is 0 Å². The SMILES string of the molecule is C=CCOc1ccc(C(C)C)cc1I. The fourth-order valence-corrected chi connectivity index (χ4v) is 1.84. The fourth-order valence-electron chi connectivity index (χ4n) is 1.14. The molecule has 2 heteroatoms. The van der Waals surface area contributed by atoms with Crippen molar-refractivity contribution in [3.8, 4) is 5.75 Å². The quantitative estimate of drug-likeness (QED) is 0.604. The molecule has 0 atom stereocenters. The monoisotopic (exact) mass is 302 g/mol. The van der Waals surface area contributed by atoms with E-state index in [4.69, 9.17) is 4.74 Å². The number of halogens is 1. The van der Waals surface area contributed by atoms with Crippen LogP contribution in [0.2, 0.25) is 0 Å². The Morgan fingerprint density at radius 3 is 2.71 bits per heavy atom. The molecular weight excluding hydrogens is 287 g/mol. The van der Waals surface area contributed by atoms with Gasteiger partial charge in [0.05, 0.1) is 3.57 Å². The van der Waals surface area contributed by atoms with Crippen molar-refractivity contribution in [2.45, 2.75) is 19.8 Å². The maximum absolute atomic E-state index is 5.50. The zero-order valence-corrected chi connectivity index (χ0v) is 10.7. The summed E-state index contributed by atoms with van der Waals surface area (Å²) < 4.78 is 6.66. The Labute approximate surface area is 99.3 Å². The normalized spacial score (nSPS) is 10.3. The molecule has 0 saturated carbocycles. The van der Waals surface area contributed by atoms with Gasteiger partial charge in [-0.3, -0.25) is 0 Å². The fraction of sp³-hybridized carbons (Fsp3) is 0.333. The van der Waals surface area contributed by atoms with Gasteiger partial charge in [0.2, 0.25) is 0 Å². The average Bonchev–Trinajstić information content (AvgIpc) is 2.15. The minimum Gasteiger partial charge on any atom is -0.488 e. The smallest absolute Gasteiger partial charge is 0.133 e. The third-order valence-corrected chi connectivity index (χ3v) is 2.82. The maximum atomic E-state index is 5.50. The lowest BCUT2D eigenvalue weighted by Gasteiger charge is -2.10. The van der Waals surface area contributed by atoms with Gasteiger partial charge in [0.15, 0.2) is 0 Å². The number of ether oxygens (including phenoxy) is 1. The largest absolute Gasteiger partial charge is 0.488 e. The van der Waals surface area contributed by atoms with Crippen molar-refractivity contribution in [1.29, 1.82) is 0 Å². The van der Waals surface area contributed by atoms with E-state index in [1.807, 2.05) is 6.07 Å². The highest BCUT2D eigenvalue weighted by atomic mass is 127. The predicted octanol–water partition coefficient (Wildman–Crippen LogP) is 3.98. The van der Waals surface area contributed by atoms with Crippen molar-refractivity contribution in [3.63, 3.8) is 0 Å². The zero-order valence-electron chi connectivity index (χ0n) is 8.59. The van der Waals surface area contributed by atoms with Crippen LogP contribution in [0.25, 0.3) is 0 Å². The summed E-state index contributed by atoms with van der Waals surface area (Å²) in [5, 5.41) is 0. The van der Waals surface area contributed by atoms with Gasteiger partial charge < -0.3 is 4.74 Å². The van der Waals surface area contributed by atoms with Crippen molar-refractivity contribution in [1.82, 2.24) is 0 Å². The van der Waals surface area contributed by atoms with Crippen LogP contribution in [0.3, 0.4) is 0 Å². The summed E-state index contributed by atoms with van der Waals surface area (Å²) in [6.07, 6.45) is 1.76. The van der Waals surface area contributed by atoms with Gasteiger partial charge in [-0.05, 0) is 46.2 Å². The van der Waals surface area contributed by atoms with E-state index in [0.717, 1.165) is 9.32 Å². The molecule has 0 bridgehead atoms. The molecule has 0 radical (unpaired) electrons. The van der Waals surface area contributed by atoms with Crippen molar-refractivity contribution in [3.05, 3.63) is 40.0 Å². The van der Waals surface area contributed by atoms with Gasteiger partial charge in [0.25, 0.3) is 0 Å². The van der Waals surface area contributed by atoms with Crippen LogP contribution in [0.1, 0.15) is 25.3 Å². The molecule has 0 unspecified atom stereocenters. The van der Waals surface area contributed by atoms with Crippen LogP contribution in [0, 0.1) is 3.57 Å². The zero-order chi connectivity index (χ0) is 10.6. The Morgan fingerprint density at radius 2 is 2.21 bits per heavy atom. The van der Waals surface area contributed by atoms with E-state index in [-0.39, 0.29) is 0 Å². The summed E-state index contributed by atoms with van der Waals surface area (Å²) >= 11 is 2.30. The summed E-state index contributed by atoms with van der Waals surface area (Å²) in [6.45, 7) is 8.57. The molecule has 0 aromatic heterocycles. The second-order valence-electron chi connectivity index (χ2n) is 3.44. The average molecular weight is 302 g/mol. The highest BCUT2D eigenvalue weighted by molar-refractivity contribution is 14.1. The van der Waals surface area contributed by atoms with Gasteiger partial charge in [-0.1, -0.05) is 32.6 Å². The first-order valence-electron chi connectivity index (χ1n) is 4.68. The van der Waals surface area contributed by atoms with Gasteiger partial charge in [0, 0.05) is 0 Å². The second kappa shape index (κ2) is 5.39. The molecule has 0 N–H and O–H groups in total. The van der Waals surface area contributed by atoms with E-state index in [2.05, 4.69) is 55.2 Å². The van der Waals surface area contributed by atoms with Crippen LogP contribution in [0.5, 0.6) is 5.75 Å². The third kappa shape index (κ3) is 3.01. The molecule has 1 rings (SSSR count). The molecule has 0 saturated heterocycles. The number of hydrogen-bond acceptors (Lipinski definition) is 1. The standard InChI is InChI=1S/C12H15IO/c1-4-7-14-12-6-5-10(9(2)3)8-11(12)13/h4-6,8-9H,1,7H2,2-3H3. The summed E-state index contributed by atoms with van der Waals surface area (Å²) in [5.41, 5.74) is 1.35. The van der Waals surface area contributed by atoms with E-state index < -0.39 is 0 Å². The summed E-state index contributed by atoms with van der Waals surface area (Å²) in [6, 6.07) is 6.31. The second-order valence-corrected chi connectivity index (χ2v) is 4.61. The Morgan fingerprint density at radius 1 is 1.50 bits per heavy atom. The lowest BCUT2D eigenvalue weighted by molar-refractivity contribution is 0.360. The maximum Gasteiger partial charge on any atom is 0.133 e. The van der Waals surface area contributed by atoms with E-state index in [9.17, 15) is 0 Å². The molecule has 14 heavy (non-hydrogen) atoms. The van der Waals surface area contributed by atoms with Crippen molar-refractivity contribution in [2.24, 2.45) is 0 Å². The topological polar surface area (TPSA) is 9.23 Å². The highest BCUT2D eigenvalue weighted by Crippen LogP contribution is 2.25. The third-order valence-electron chi connectivity index (χ3n) is 1.98. The molecule has 76 valence electrons. The van der Waals surface area contributed by atoms with E-state index in [1.54, 1.807) is 6.08 Å². The number of hydrogen-bond donors (Lipinski definition) is 0.